The van der Waals surface area contributed by atoms with E-state index >= 15 is 0 Å². The predicted octanol–water partition coefficient (Wildman–Crippen LogP) is 5.22. The molecule has 39 heavy (non-hydrogen) atoms. The molecule has 0 unspecified atom stereocenters. The van der Waals surface area contributed by atoms with Crippen molar-refractivity contribution in [2.45, 2.75) is 31.7 Å². The van der Waals surface area contributed by atoms with Gasteiger partial charge < -0.3 is 14.8 Å². The van der Waals surface area contributed by atoms with E-state index in [2.05, 4.69) is 42.1 Å². The Balaban J connectivity index is 1.14. The van der Waals surface area contributed by atoms with Gasteiger partial charge in [0.15, 0.2) is 17.5 Å². The van der Waals surface area contributed by atoms with Gasteiger partial charge in [-0.15, -0.1) is 10.2 Å². The van der Waals surface area contributed by atoms with Gasteiger partial charge in [0.2, 0.25) is 0 Å². The van der Waals surface area contributed by atoms with Crippen molar-refractivity contribution < 1.29 is 8.78 Å². The molecule has 198 valence electrons. The van der Waals surface area contributed by atoms with Gasteiger partial charge in [-0.05, 0) is 69.1 Å². The largest absolute Gasteiger partial charge is 0.357 e. The maximum Gasteiger partial charge on any atom is 0.182 e. The third-order valence-corrected chi connectivity index (χ3v) is 8.04. The minimum Gasteiger partial charge on any atom is -0.357 e. The minimum atomic E-state index is -0.955. The number of hydrogen-bond acceptors (Lipinski definition) is 6. The van der Waals surface area contributed by atoms with Crippen LogP contribution < -0.4 is 4.90 Å². The Morgan fingerprint density at radius 2 is 1.72 bits per heavy atom. The highest BCUT2D eigenvalue weighted by molar-refractivity contribution is 5.94. The normalized spacial score (nSPS) is 16.9. The summed E-state index contributed by atoms with van der Waals surface area (Å²) < 4.78 is 29.9. The van der Waals surface area contributed by atoms with Crippen LogP contribution in [0.1, 0.15) is 25.7 Å². The molecule has 0 amide bonds. The third-order valence-electron chi connectivity index (χ3n) is 8.04. The van der Waals surface area contributed by atoms with Crippen molar-refractivity contribution in [3.8, 4) is 28.2 Å². The van der Waals surface area contributed by atoms with Gasteiger partial charge in [0, 0.05) is 59.8 Å². The summed E-state index contributed by atoms with van der Waals surface area (Å²) in [6.07, 6.45) is 11.9. The van der Waals surface area contributed by atoms with Crippen molar-refractivity contribution in [3.63, 3.8) is 0 Å². The van der Waals surface area contributed by atoms with Crippen LogP contribution in [0, 0.1) is 11.6 Å². The number of nitrogens with zero attached hydrogens (tertiary/aromatic N) is 7. The first kappa shape index (κ1) is 23.9. The number of halogens is 2. The first-order valence-electron chi connectivity index (χ1n) is 13.4. The lowest BCUT2D eigenvalue weighted by molar-refractivity contribution is 0.207. The number of piperidine rings is 1. The molecule has 0 spiro atoms. The van der Waals surface area contributed by atoms with E-state index in [0.717, 1.165) is 41.5 Å². The molecule has 1 aromatic carbocycles. The molecule has 0 atom stereocenters. The fourth-order valence-electron chi connectivity index (χ4n) is 5.93. The van der Waals surface area contributed by atoms with Crippen LogP contribution in [0.15, 0.2) is 61.3 Å². The summed E-state index contributed by atoms with van der Waals surface area (Å²) in [4.78, 5) is 17.6. The second kappa shape index (κ2) is 9.85. The van der Waals surface area contributed by atoms with Gasteiger partial charge in [-0.25, -0.2) is 18.7 Å². The van der Waals surface area contributed by atoms with Crippen LogP contribution in [0.4, 0.5) is 14.6 Å². The van der Waals surface area contributed by atoms with Gasteiger partial charge in [0.25, 0.3) is 0 Å². The number of likely N-dealkylation sites (tertiary alicyclic amines) is 1. The molecule has 2 aliphatic heterocycles. The van der Waals surface area contributed by atoms with Crippen molar-refractivity contribution >= 4 is 16.9 Å². The minimum absolute atomic E-state index is 0.0396. The van der Waals surface area contributed by atoms with Gasteiger partial charge in [0.1, 0.15) is 17.8 Å². The number of pyridine rings is 2. The molecule has 4 aromatic heterocycles. The Bertz CT molecular complexity index is 1610. The maximum atomic E-state index is 14.6. The predicted molar refractivity (Wildman–Crippen MR) is 146 cm³/mol. The quantitative estimate of drug-likeness (QED) is 0.339. The van der Waals surface area contributed by atoms with Crippen LogP contribution in [0.2, 0.25) is 0 Å². The van der Waals surface area contributed by atoms with E-state index in [1.165, 1.54) is 61.8 Å². The zero-order valence-electron chi connectivity index (χ0n) is 21.4. The number of H-pyrrole nitrogens is 1. The summed E-state index contributed by atoms with van der Waals surface area (Å²) in [5.74, 6) is -0.499. The number of aromatic nitrogens is 6. The summed E-state index contributed by atoms with van der Waals surface area (Å²) in [5, 5.41) is 8.97. The molecule has 0 saturated carbocycles. The van der Waals surface area contributed by atoms with Gasteiger partial charge in [0.05, 0.1) is 5.69 Å². The van der Waals surface area contributed by atoms with Crippen molar-refractivity contribution in [3.05, 3.63) is 73.0 Å². The number of nitrogens with one attached hydrogen (secondary N) is 1. The number of anilines is 1. The molecule has 6 heterocycles. The van der Waals surface area contributed by atoms with E-state index in [1.807, 2.05) is 12.3 Å². The molecule has 10 heteroatoms. The number of fused-ring (bicyclic) bond motifs is 1. The first-order chi connectivity index (χ1) is 19.2. The molecule has 2 saturated heterocycles. The topological polar surface area (TPSA) is 78.8 Å². The summed E-state index contributed by atoms with van der Waals surface area (Å²) >= 11 is 0. The van der Waals surface area contributed by atoms with Gasteiger partial charge in [-0.2, -0.15) is 0 Å². The van der Waals surface area contributed by atoms with E-state index < -0.39 is 11.6 Å². The summed E-state index contributed by atoms with van der Waals surface area (Å²) in [6, 6.07) is 10.9. The van der Waals surface area contributed by atoms with E-state index in [4.69, 9.17) is 4.98 Å². The highest BCUT2D eigenvalue weighted by Crippen LogP contribution is 2.32. The number of benzene rings is 1. The van der Waals surface area contributed by atoms with Gasteiger partial charge in [-0.1, -0.05) is 6.07 Å². The van der Waals surface area contributed by atoms with E-state index in [-0.39, 0.29) is 5.69 Å². The molecule has 5 aromatic rings. The third kappa shape index (κ3) is 4.34. The molecular formula is C29H28F2N8. The summed E-state index contributed by atoms with van der Waals surface area (Å²) in [5.41, 5.74) is 3.24. The van der Waals surface area contributed by atoms with Crippen LogP contribution in [0.5, 0.6) is 0 Å². The molecule has 1 N–H and O–H groups in total. The van der Waals surface area contributed by atoms with Crippen LogP contribution in [-0.2, 0) is 0 Å². The zero-order valence-corrected chi connectivity index (χ0v) is 21.4. The fourth-order valence-corrected chi connectivity index (χ4v) is 5.93. The monoisotopic (exact) mass is 526 g/mol. The molecule has 0 bridgehead atoms. The lowest BCUT2D eigenvalue weighted by Gasteiger charge is -2.37. The van der Waals surface area contributed by atoms with Gasteiger partial charge in [-0.3, -0.25) is 4.57 Å². The molecule has 2 aliphatic rings. The molecule has 2 fully saturated rings. The number of rotatable bonds is 5. The smallest absolute Gasteiger partial charge is 0.182 e. The zero-order chi connectivity index (χ0) is 26.3. The molecule has 0 radical (unpaired) electrons. The van der Waals surface area contributed by atoms with E-state index in [1.54, 1.807) is 12.4 Å². The molecule has 0 aliphatic carbocycles. The lowest BCUT2D eigenvalue weighted by atomic mass is 10.0. The highest BCUT2D eigenvalue weighted by atomic mass is 19.2. The average Bonchev–Trinajstić information content (AvgIpc) is 3.75. The van der Waals surface area contributed by atoms with Crippen molar-refractivity contribution in [2.75, 3.05) is 31.1 Å². The van der Waals surface area contributed by atoms with Crippen LogP contribution in [0.3, 0.4) is 0 Å². The summed E-state index contributed by atoms with van der Waals surface area (Å²) in [6.45, 7) is 4.55. The van der Waals surface area contributed by atoms with Crippen LogP contribution in [-0.4, -0.2) is 66.8 Å². The lowest BCUT2D eigenvalue weighted by Crippen LogP contribution is -2.44. The standard InChI is InChI=1S/C29H28F2N8/c30-24-4-3-5-25(27(24)31)39-18-35-36-29(39)23-17-34-28-22(23)14-20(16-33-28)19-6-7-26(32-15-19)38-12-8-21(9-13-38)37-10-1-2-11-37/h3-7,14-18,21H,1-2,8-13H2,(H,33,34). The first-order valence-corrected chi connectivity index (χ1v) is 13.4. The Kier molecular flexibility index (Phi) is 6.04. The van der Waals surface area contributed by atoms with E-state index in [0.29, 0.717) is 23.1 Å². The number of hydrogen-bond donors (Lipinski definition) is 1. The van der Waals surface area contributed by atoms with Crippen molar-refractivity contribution in [1.29, 1.82) is 0 Å². The highest BCUT2D eigenvalue weighted by Gasteiger charge is 2.27. The van der Waals surface area contributed by atoms with Crippen molar-refractivity contribution in [1.82, 2.24) is 34.6 Å². The fraction of sp³-hybridized carbons (Fsp3) is 0.310. The molecular weight excluding hydrogens is 498 g/mol. The Hall–Kier alpha value is -4.18. The SMILES string of the molecule is Fc1cccc(-n2cnnc2-c2c[nH]c3ncc(-c4ccc(N5CCC(N6CCCC6)CC5)nc4)cc23)c1F. The van der Waals surface area contributed by atoms with Gasteiger partial charge >= 0.3 is 0 Å². The Morgan fingerprint density at radius 1 is 0.897 bits per heavy atom. The Morgan fingerprint density at radius 3 is 2.51 bits per heavy atom. The average molecular weight is 527 g/mol. The van der Waals surface area contributed by atoms with Crippen LogP contribution in [0.25, 0.3) is 39.2 Å². The second-order valence-corrected chi connectivity index (χ2v) is 10.3. The Labute approximate surface area is 224 Å². The van der Waals surface area contributed by atoms with Crippen molar-refractivity contribution in [2.24, 2.45) is 0 Å². The second-order valence-electron chi connectivity index (χ2n) is 10.3. The maximum absolute atomic E-state index is 14.6. The van der Waals surface area contributed by atoms with E-state index in [9.17, 15) is 8.78 Å². The number of aromatic amines is 1. The molecule has 7 rings (SSSR count). The van der Waals surface area contributed by atoms with Crippen LogP contribution >= 0.6 is 0 Å². The molecule has 8 nitrogen and oxygen atoms in total. The summed E-state index contributed by atoms with van der Waals surface area (Å²) in [7, 11) is 0.